The summed E-state index contributed by atoms with van der Waals surface area (Å²) >= 11 is 0. The van der Waals surface area contributed by atoms with Crippen LogP contribution in [0.3, 0.4) is 0 Å². The van der Waals surface area contributed by atoms with Crippen molar-refractivity contribution in [1.82, 2.24) is 14.4 Å². The zero-order valence-corrected chi connectivity index (χ0v) is 14.8. The highest BCUT2D eigenvalue weighted by molar-refractivity contribution is 5.80. The number of aromatic nitrogens is 1. The fourth-order valence-electron chi connectivity index (χ4n) is 2.83. The smallest absolute Gasteiger partial charge is 0.0485 e. The minimum absolute atomic E-state index is 0.170. The molecule has 0 atom stereocenters. The third kappa shape index (κ3) is 4.34. The summed E-state index contributed by atoms with van der Waals surface area (Å²) < 4.78 is 2.31. The summed E-state index contributed by atoms with van der Waals surface area (Å²) in [5.74, 6) is 0. The van der Waals surface area contributed by atoms with Crippen molar-refractivity contribution in [1.29, 1.82) is 0 Å². The predicted molar refractivity (Wildman–Crippen MR) is 96.5 cm³/mol. The maximum Gasteiger partial charge on any atom is 0.0485 e. The quantitative estimate of drug-likeness (QED) is 0.796. The molecular weight excluding hydrogens is 270 g/mol. The van der Waals surface area contributed by atoms with E-state index in [0.717, 1.165) is 0 Å². The summed E-state index contributed by atoms with van der Waals surface area (Å²) in [6.07, 6.45) is 2.16. The Morgan fingerprint density at radius 3 is 2.18 bits per heavy atom. The molecule has 0 N–H and O–H groups in total. The summed E-state index contributed by atoms with van der Waals surface area (Å²) in [4.78, 5) is 4.87. The van der Waals surface area contributed by atoms with E-state index in [1.165, 1.54) is 43.6 Å². The van der Waals surface area contributed by atoms with Gasteiger partial charge in [0.05, 0.1) is 0 Å². The van der Waals surface area contributed by atoms with E-state index in [-0.39, 0.29) is 5.54 Å². The molecule has 1 saturated heterocycles. The summed E-state index contributed by atoms with van der Waals surface area (Å²) in [5.41, 5.74) is 1.48. The molecule has 0 aliphatic carbocycles. The van der Waals surface area contributed by atoms with E-state index in [0.29, 0.717) is 0 Å². The third-order valence-corrected chi connectivity index (χ3v) is 4.37. The lowest BCUT2D eigenvalue weighted by Crippen LogP contribution is -2.44. The lowest BCUT2D eigenvalue weighted by molar-refractivity contribution is 0.160. The van der Waals surface area contributed by atoms with Gasteiger partial charge in [0, 0.05) is 43.4 Å². The van der Waals surface area contributed by atoms with Crippen molar-refractivity contribution in [2.45, 2.75) is 33.2 Å². The first kappa shape index (κ1) is 17.0. The van der Waals surface area contributed by atoms with Gasteiger partial charge in [-0.1, -0.05) is 25.1 Å². The molecule has 0 radical (unpaired) electrons. The molecule has 1 fully saturated rings. The Hall–Kier alpha value is -1.32. The number of hydrogen-bond acceptors (Lipinski definition) is 2. The summed E-state index contributed by atoms with van der Waals surface area (Å²) in [6, 6.07) is 10.7. The van der Waals surface area contributed by atoms with Gasteiger partial charge in [-0.15, -0.1) is 0 Å². The number of nitrogens with zero attached hydrogens (tertiary/aromatic N) is 3. The first-order chi connectivity index (χ1) is 10.4. The van der Waals surface area contributed by atoms with E-state index in [2.05, 4.69) is 85.6 Å². The fraction of sp³-hybridized carbons (Fsp3) is 0.579. The normalized spacial score (nSPS) is 17.3. The molecule has 1 aromatic heterocycles. The fourth-order valence-corrected chi connectivity index (χ4v) is 2.83. The van der Waals surface area contributed by atoms with E-state index in [4.69, 9.17) is 0 Å². The highest BCUT2D eigenvalue weighted by Gasteiger charge is 2.14. The number of benzene rings is 1. The van der Waals surface area contributed by atoms with Crippen LogP contribution in [0.15, 0.2) is 36.5 Å². The second kappa shape index (κ2) is 7.30. The van der Waals surface area contributed by atoms with Crippen molar-refractivity contribution >= 4 is 10.9 Å². The zero-order valence-electron chi connectivity index (χ0n) is 14.8. The molecule has 0 unspecified atom stereocenters. The summed E-state index contributed by atoms with van der Waals surface area (Å²) in [6.45, 7) is 15.1. The number of piperazine rings is 1. The molecule has 2 aromatic rings. The van der Waals surface area contributed by atoms with Gasteiger partial charge in [-0.3, -0.25) is 0 Å². The van der Waals surface area contributed by atoms with E-state index < -0.39 is 0 Å². The highest BCUT2D eigenvalue weighted by atomic mass is 15.2. The van der Waals surface area contributed by atoms with Gasteiger partial charge < -0.3 is 14.4 Å². The predicted octanol–water partition coefficient (Wildman–Crippen LogP) is 3.65. The molecule has 1 aliphatic heterocycles. The Morgan fingerprint density at radius 1 is 0.955 bits per heavy atom. The van der Waals surface area contributed by atoms with Crippen LogP contribution in [-0.4, -0.2) is 54.1 Å². The molecule has 122 valence electrons. The van der Waals surface area contributed by atoms with Crippen LogP contribution in [-0.2, 0) is 5.54 Å². The molecule has 2 heterocycles. The lowest BCUT2D eigenvalue weighted by atomic mass is 10.1. The van der Waals surface area contributed by atoms with Gasteiger partial charge in [0.1, 0.15) is 0 Å². The topological polar surface area (TPSA) is 11.4 Å². The average Bonchev–Trinajstić information content (AvgIpc) is 2.93. The third-order valence-electron chi connectivity index (χ3n) is 4.37. The minimum Gasteiger partial charge on any atom is -0.342 e. The summed E-state index contributed by atoms with van der Waals surface area (Å²) in [7, 11) is 2.19. The molecule has 0 amide bonds. The molecule has 1 aromatic carbocycles. The first-order valence-corrected chi connectivity index (χ1v) is 8.39. The van der Waals surface area contributed by atoms with Gasteiger partial charge in [-0.25, -0.2) is 0 Å². The molecular formula is C19H31N3. The van der Waals surface area contributed by atoms with Gasteiger partial charge in [0.2, 0.25) is 0 Å². The molecule has 1 aliphatic rings. The van der Waals surface area contributed by atoms with Gasteiger partial charge in [-0.2, -0.15) is 0 Å². The van der Waals surface area contributed by atoms with Crippen molar-refractivity contribution in [3.63, 3.8) is 0 Å². The molecule has 0 spiro atoms. The van der Waals surface area contributed by atoms with E-state index >= 15 is 0 Å². The van der Waals surface area contributed by atoms with Crippen LogP contribution in [0.5, 0.6) is 0 Å². The second-order valence-corrected chi connectivity index (χ2v) is 7.15. The molecule has 0 saturated carbocycles. The standard InChI is InChI=1S/C12H15N.C7H16N2/c1-12(2,3)13-9-8-10-6-4-5-7-11(10)13;1-3-9-6-4-8(2)5-7-9/h4-9H,1-3H3;3-7H2,1-2H3. The van der Waals surface area contributed by atoms with Crippen LogP contribution in [0.25, 0.3) is 10.9 Å². The largest absolute Gasteiger partial charge is 0.342 e. The van der Waals surface area contributed by atoms with E-state index in [1.807, 2.05) is 0 Å². The van der Waals surface area contributed by atoms with E-state index in [9.17, 15) is 0 Å². The summed E-state index contributed by atoms with van der Waals surface area (Å²) in [5, 5.41) is 1.32. The molecule has 3 rings (SSSR count). The van der Waals surface area contributed by atoms with Crippen molar-refractivity contribution < 1.29 is 0 Å². The van der Waals surface area contributed by atoms with Crippen LogP contribution < -0.4 is 0 Å². The van der Waals surface area contributed by atoms with Crippen LogP contribution in [0.4, 0.5) is 0 Å². The number of para-hydroxylation sites is 1. The van der Waals surface area contributed by atoms with Crippen LogP contribution >= 0.6 is 0 Å². The van der Waals surface area contributed by atoms with Crippen LogP contribution in [0.1, 0.15) is 27.7 Å². The van der Waals surface area contributed by atoms with Gasteiger partial charge in [-0.05, 0) is 51.9 Å². The van der Waals surface area contributed by atoms with Crippen molar-refractivity contribution in [3.05, 3.63) is 36.5 Å². The Morgan fingerprint density at radius 2 is 1.59 bits per heavy atom. The van der Waals surface area contributed by atoms with Crippen molar-refractivity contribution in [2.75, 3.05) is 39.8 Å². The Labute approximate surface area is 135 Å². The number of likely N-dealkylation sites (N-methyl/N-ethyl adjacent to an activating group) is 2. The molecule has 3 heteroatoms. The lowest BCUT2D eigenvalue weighted by Gasteiger charge is -2.31. The zero-order chi connectivity index (χ0) is 16.2. The highest BCUT2D eigenvalue weighted by Crippen LogP contribution is 2.23. The van der Waals surface area contributed by atoms with Gasteiger partial charge in [0.15, 0.2) is 0 Å². The number of fused-ring (bicyclic) bond motifs is 1. The second-order valence-electron chi connectivity index (χ2n) is 7.15. The Kier molecular flexibility index (Phi) is 5.65. The molecule has 22 heavy (non-hydrogen) atoms. The Balaban J connectivity index is 0.000000172. The van der Waals surface area contributed by atoms with E-state index in [1.54, 1.807) is 0 Å². The van der Waals surface area contributed by atoms with Crippen molar-refractivity contribution in [2.24, 2.45) is 0 Å². The minimum atomic E-state index is 0.170. The molecule has 0 bridgehead atoms. The van der Waals surface area contributed by atoms with Gasteiger partial charge >= 0.3 is 0 Å². The van der Waals surface area contributed by atoms with Crippen LogP contribution in [0.2, 0.25) is 0 Å². The van der Waals surface area contributed by atoms with Crippen molar-refractivity contribution in [3.8, 4) is 0 Å². The number of rotatable bonds is 1. The number of hydrogen-bond donors (Lipinski definition) is 0. The maximum atomic E-state index is 2.49. The first-order valence-electron chi connectivity index (χ1n) is 8.39. The molecule has 3 nitrogen and oxygen atoms in total. The SMILES string of the molecule is CC(C)(C)n1ccc2ccccc21.CCN1CCN(C)CC1. The van der Waals surface area contributed by atoms with Crippen LogP contribution in [0, 0.1) is 0 Å². The maximum absolute atomic E-state index is 2.49. The van der Waals surface area contributed by atoms with Gasteiger partial charge in [0.25, 0.3) is 0 Å². The monoisotopic (exact) mass is 301 g/mol. The Bertz CT molecular complexity index is 572. The average molecular weight is 301 g/mol.